The summed E-state index contributed by atoms with van der Waals surface area (Å²) in [5, 5.41) is 0. The number of fused-ring (bicyclic) bond motifs is 1. The van der Waals surface area contributed by atoms with Crippen LogP contribution >= 0.6 is 0 Å². The third kappa shape index (κ3) is 1.59. The second kappa shape index (κ2) is 3.64. The molecule has 0 N–H and O–H groups in total. The summed E-state index contributed by atoms with van der Waals surface area (Å²) < 4.78 is 0. The molecule has 1 heteroatoms. The van der Waals surface area contributed by atoms with Gasteiger partial charge in [-0.1, -0.05) is 43.2 Å². The van der Waals surface area contributed by atoms with E-state index in [1.165, 1.54) is 31.2 Å². The lowest BCUT2D eigenvalue weighted by Gasteiger charge is -2.14. The molecular weight excluding hydrogens is 182 g/mol. The van der Waals surface area contributed by atoms with Crippen LogP contribution in [-0.2, 0) is 0 Å². The SMILES string of the molecule is CC(c1ccccc1)N1C2CCCCC21. The molecule has 3 rings (SSSR count). The molecule has 3 atom stereocenters. The van der Waals surface area contributed by atoms with Crippen LogP contribution < -0.4 is 0 Å². The van der Waals surface area contributed by atoms with Crippen molar-refractivity contribution in [3.63, 3.8) is 0 Å². The van der Waals surface area contributed by atoms with E-state index in [1.54, 1.807) is 0 Å². The van der Waals surface area contributed by atoms with Gasteiger partial charge in [-0.2, -0.15) is 0 Å². The van der Waals surface area contributed by atoms with Crippen LogP contribution in [0.1, 0.15) is 44.2 Å². The lowest BCUT2D eigenvalue weighted by molar-refractivity contribution is 0.383. The van der Waals surface area contributed by atoms with E-state index < -0.39 is 0 Å². The van der Waals surface area contributed by atoms with E-state index in [2.05, 4.69) is 42.2 Å². The second-order valence-electron chi connectivity index (χ2n) is 4.95. The van der Waals surface area contributed by atoms with Crippen molar-refractivity contribution in [1.29, 1.82) is 0 Å². The maximum absolute atomic E-state index is 2.71. The highest BCUT2D eigenvalue weighted by molar-refractivity contribution is 5.22. The summed E-state index contributed by atoms with van der Waals surface area (Å²) in [7, 11) is 0. The third-order valence-corrected chi connectivity index (χ3v) is 4.10. The normalized spacial score (nSPS) is 35.7. The van der Waals surface area contributed by atoms with Crippen LogP contribution in [0.4, 0.5) is 0 Å². The van der Waals surface area contributed by atoms with Crippen molar-refractivity contribution in [3.8, 4) is 0 Å². The van der Waals surface area contributed by atoms with E-state index >= 15 is 0 Å². The van der Waals surface area contributed by atoms with Crippen LogP contribution in [0.3, 0.4) is 0 Å². The minimum Gasteiger partial charge on any atom is -0.288 e. The van der Waals surface area contributed by atoms with Gasteiger partial charge in [0.15, 0.2) is 0 Å². The summed E-state index contributed by atoms with van der Waals surface area (Å²) in [6.07, 6.45) is 5.75. The Bertz CT molecular complexity index is 320. The van der Waals surface area contributed by atoms with Crippen LogP contribution in [0, 0.1) is 0 Å². The number of rotatable bonds is 2. The summed E-state index contributed by atoms with van der Waals surface area (Å²) in [6, 6.07) is 13.4. The minimum atomic E-state index is 0.624. The van der Waals surface area contributed by atoms with Crippen molar-refractivity contribution >= 4 is 0 Å². The van der Waals surface area contributed by atoms with E-state index in [-0.39, 0.29) is 0 Å². The monoisotopic (exact) mass is 201 g/mol. The molecule has 0 bridgehead atoms. The van der Waals surface area contributed by atoms with Gasteiger partial charge in [-0.3, -0.25) is 4.90 Å². The van der Waals surface area contributed by atoms with Gasteiger partial charge in [0.25, 0.3) is 0 Å². The van der Waals surface area contributed by atoms with Crippen LogP contribution in [0.5, 0.6) is 0 Å². The highest BCUT2D eigenvalue weighted by Gasteiger charge is 2.50. The van der Waals surface area contributed by atoms with Gasteiger partial charge in [0.2, 0.25) is 0 Å². The van der Waals surface area contributed by atoms with Crippen molar-refractivity contribution in [2.45, 2.75) is 50.7 Å². The molecule has 1 aliphatic heterocycles. The number of benzene rings is 1. The molecule has 1 saturated heterocycles. The maximum atomic E-state index is 2.71. The molecule has 1 aliphatic carbocycles. The molecule has 0 aromatic heterocycles. The highest BCUT2D eigenvalue weighted by Crippen LogP contribution is 2.46. The fraction of sp³-hybridized carbons (Fsp3) is 0.571. The molecule has 0 radical (unpaired) electrons. The Morgan fingerprint density at radius 3 is 2.27 bits per heavy atom. The summed E-state index contributed by atoms with van der Waals surface area (Å²) in [4.78, 5) is 2.71. The van der Waals surface area contributed by atoms with Gasteiger partial charge in [-0.05, 0) is 25.3 Å². The second-order valence-corrected chi connectivity index (χ2v) is 4.95. The first-order valence-corrected chi connectivity index (χ1v) is 6.20. The van der Waals surface area contributed by atoms with E-state index in [0.717, 1.165) is 12.1 Å². The van der Waals surface area contributed by atoms with Gasteiger partial charge in [-0.25, -0.2) is 0 Å². The Labute approximate surface area is 92.1 Å². The smallest absolute Gasteiger partial charge is 0.0327 e. The molecule has 0 amide bonds. The summed E-state index contributed by atoms with van der Waals surface area (Å²) >= 11 is 0. The van der Waals surface area contributed by atoms with Gasteiger partial charge in [0.05, 0.1) is 0 Å². The zero-order chi connectivity index (χ0) is 10.3. The molecule has 1 aromatic rings. The van der Waals surface area contributed by atoms with Gasteiger partial charge in [-0.15, -0.1) is 0 Å². The fourth-order valence-electron chi connectivity index (χ4n) is 3.22. The molecular formula is C14H19N. The van der Waals surface area contributed by atoms with E-state index in [9.17, 15) is 0 Å². The zero-order valence-corrected chi connectivity index (χ0v) is 9.39. The summed E-state index contributed by atoms with van der Waals surface area (Å²) in [6.45, 7) is 2.35. The van der Waals surface area contributed by atoms with Crippen LogP contribution in [0.2, 0.25) is 0 Å². The van der Waals surface area contributed by atoms with Crippen molar-refractivity contribution < 1.29 is 0 Å². The first kappa shape index (κ1) is 9.41. The van der Waals surface area contributed by atoms with Gasteiger partial charge >= 0.3 is 0 Å². The molecule has 80 valence electrons. The molecule has 15 heavy (non-hydrogen) atoms. The highest BCUT2D eigenvalue weighted by atomic mass is 15.4. The topological polar surface area (TPSA) is 3.01 Å². The molecule has 2 fully saturated rings. The first-order chi connectivity index (χ1) is 7.38. The minimum absolute atomic E-state index is 0.624. The van der Waals surface area contributed by atoms with E-state index in [1.807, 2.05) is 0 Å². The third-order valence-electron chi connectivity index (χ3n) is 4.10. The molecule has 1 nitrogen and oxygen atoms in total. The van der Waals surface area contributed by atoms with Crippen molar-refractivity contribution in [1.82, 2.24) is 4.90 Å². The standard InChI is InChI=1S/C14H19N/c1-11(12-7-3-2-4-8-12)15-13-9-5-6-10-14(13)15/h2-4,7-8,11,13-14H,5-6,9-10H2,1H3. The molecule has 2 aliphatic rings. The van der Waals surface area contributed by atoms with Crippen molar-refractivity contribution in [2.24, 2.45) is 0 Å². The van der Waals surface area contributed by atoms with Crippen LogP contribution in [-0.4, -0.2) is 17.0 Å². The van der Waals surface area contributed by atoms with E-state index in [4.69, 9.17) is 0 Å². The molecule has 1 heterocycles. The quantitative estimate of drug-likeness (QED) is 0.663. The zero-order valence-electron chi connectivity index (χ0n) is 9.39. The lowest BCUT2D eigenvalue weighted by Crippen LogP contribution is -2.08. The van der Waals surface area contributed by atoms with E-state index in [0.29, 0.717) is 6.04 Å². The fourth-order valence-corrected chi connectivity index (χ4v) is 3.22. The number of hydrogen-bond donors (Lipinski definition) is 0. The molecule has 3 unspecified atom stereocenters. The summed E-state index contributed by atoms with van der Waals surface area (Å²) in [5.41, 5.74) is 1.48. The first-order valence-electron chi connectivity index (χ1n) is 6.20. The predicted octanol–water partition coefficient (Wildman–Crippen LogP) is 3.37. The lowest BCUT2D eigenvalue weighted by atomic mass is 10.0. The maximum Gasteiger partial charge on any atom is 0.0327 e. The number of nitrogens with zero attached hydrogens (tertiary/aromatic N) is 1. The Morgan fingerprint density at radius 2 is 1.67 bits per heavy atom. The van der Waals surface area contributed by atoms with Gasteiger partial charge in [0.1, 0.15) is 0 Å². The van der Waals surface area contributed by atoms with Crippen LogP contribution in [0.25, 0.3) is 0 Å². The Morgan fingerprint density at radius 1 is 1.07 bits per heavy atom. The van der Waals surface area contributed by atoms with Gasteiger partial charge < -0.3 is 0 Å². The average Bonchev–Trinajstić information content (AvgIpc) is 3.03. The average molecular weight is 201 g/mol. The number of hydrogen-bond acceptors (Lipinski definition) is 1. The molecule has 1 saturated carbocycles. The molecule has 0 spiro atoms. The summed E-state index contributed by atoms with van der Waals surface area (Å²) in [5.74, 6) is 0. The van der Waals surface area contributed by atoms with Gasteiger partial charge in [0, 0.05) is 18.1 Å². The molecule has 1 aromatic carbocycles. The van der Waals surface area contributed by atoms with Crippen molar-refractivity contribution in [2.75, 3.05) is 0 Å². The largest absolute Gasteiger partial charge is 0.288 e. The van der Waals surface area contributed by atoms with Crippen LogP contribution in [0.15, 0.2) is 30.3 Å². The Balaban J connectivity index is 1.74. The predicted molar refractivity (Wildman–Crippen MR) is 62.7 cm³/mol. The van der Waals surface area contributed by atoms with Crippen molar-refractivity contribution in [3.05, 3.63) is 35.9 Å². The number of likely N-dealkylation sites (tertiary alicyclic amines) is 1. The Hall–Kier alpha value is -0.820. The Kier molecular flexibility index (Phi) is 2.28.